The van der Waals surface area contributed by atoms with Gasteiger partial charge in [0, 0.05) is 16.7 Å². The van der Waals surface area contributed by atoms with Gasteiger partial charge in [0.25, 0.3) is 0 Å². The fourth-order valence-corrected chi connectivity index (χ4v) is 4.68. The van der Waals surface area contributed by atoms with Gasteiger partial charge in [-0.1, -0.05) is 27.2 Å². The largest absolute Gasteiger partial charge is 0.391 e. The molecule has 1 unspecified atom stereocenters. The van der Waals surface area contributed by atoms with E-state index in [0.717, 1.165) is 6.42 Å². The molecule has 0 saturated carbocycles. The lowest BCUT2D eigenvalue weighted by atomic mass is 10.1. The summed E-state index contributed by atoms with van der Waals surface area (Å²) in [6.07, 6.45) is 1.14. The Bertz CT molecular complexity index is 197. The van der Waals surface area contributed by atoms with Crippen LogP contribution >= 0.6 is 0 Å². The summed E-state index contributed by atoms with van der Waals surface area (Å²) in [5, 5.41) is 0. The molecular formula is C14H32O2Si. The molecule has 0 saturated heterocycles. The van der Waals surface area contributed by atoms with E-state index in [1.807, 2.05) is 0 Å². The molecule has 0 N–H and O–H groups in total. The second-order valence-electron chi connectivity index (χ2n) is 7.14. The van der Waals surface area contributed by atoms with Crippen LogP contribution in [0.25, 0.3) is 0 Å². The number of hydrogen-bond donors (Lipinski definition) is 0. The van der Waals surface area contributed by atoms with E-state index in [1.54, 1.807) is 0 Å². The zero-order valence-electron chi connectivity index (χ0n) is 13.3. The van der Waals surface area contributed by atoms with Crippen LogP contribution in [0.15, 0.2) is 0 Å². The molecule has 0 aliphatic heterocycles. The van der Waals surface area contributed by atoms with Gasteiger partial charge in [-0.15, -0.1) is 0 Å². The van der Waals surface area contributed by atoms with Gasteiger partial charge in [-0.05, 0) is 47.5 Å². The van der Waals surface area contributed by atoms with Crippen LogP contribution in [0.3, 0.4) is 0 Å². The van der Waals surface area contributed by atoms with Crippen molar-refractivity contribution in [3.8, 4) is 0 Å². The molecule has 0 aliphatic carbocycles. The minimum Gasteiger partial charge on any atom is -0.391 e. The van der Waals surface area contributed by atoms with E-state index >= 15 is 0 Å². The third kappa shape index (κ3) is 7.95. The molecule has 17 heavy (non-hydrogen) atoms. The van der Waals surface area contributed by atoms with Crippen LogP contribution in [-0.4, -0.2) is 20.5 Å². The van der Waals surface area contributed by atoms with E-state index in [0.29, 0.717) is 11.5 Å². The van der Waals surface area contributed by atoms with Crippen LogP contribution in [0.2, 0.25) is 5.54 Å². The molecule has 0 aromatic rings. The van der Waals surface area contributed by atoms with Crippen molar-refractivity contribution in [2.45, 2.75) is 85.5 Å². The molecule has 0 aromatic heterocycles. The predicted octanol–water partition coefficient (Wildman–Crippen LogP) is 4.27. The third-order valence-corrected chi connectivity index (χ3v) is 6.44. The molecule has 0 bridgehead atoms. The van der Waals surface area contributed by atoms with Gasteiger partial charge in [-0.2, -0.15) is 0 Å². The highest BCUT2D eigenvalue weighted by atomic mass is 28.3. The Hall–Kier alpha value is 0.137. The van der Waals surface area contributed by atoms with E-state index in [4.69, 9.17) is 8.85 Å². The molecule has 3 heteroatoms. The van der Waals surface area contributed by atoms with Gasteiger partial charge in [0.15, 0.2) is 0 Å². The Labute approximate surface area is 110 Å². The standard InChI is InChI=1S/C14H32O2Si/c1-10-12(11(2)3)17(15-13(4,5)6)16-14(7,8)9/h11-12,17H,10H2,1-9H3. The topological polar surface area (TPSA) is 18.5 Å². The molecule has 104 valence electrons. The Morgan fingerprint density at radius 2 is 1.24 bits per heavy atom. The summed E-state index contributed by atoms with van der Waals surface area (Å²) in [6.45, 7) is 19.5. The Kier molecular flexibility index (Phi) is 6.40. The number of rotatable bonds is 5. The molecule has 0 amide bonds. The minimum atomic E-state index is -1.66. The van der Waals surface area contributed by atoms with Gasteiger partial charge in [0.05, 0.1) is 0 Å². The molecule has 0 fully saturated rings. The Morgan fingerprint density at radius 3 is 1.41 bits per heavy atom. The summed E-state index contributed by atoms with van der Waals surface area (Å²) in [6, 6.07) is 0. The maximum absolute atomic E-state index is 6.24. The highest BCUT2D eigenvalue weighted by Gasteiger charge is 2.34. The average molecular weight is 260 g/mol. The molecule has 0 radical (unpaired) electrons. The Morgan fingerprint density at radius 1 is 0.882 bits per heavy atom. The summed E-state index contributed by atoms with van der Waals surface area (Å²) in [5.41, 5.74) is 0.364. The molecule has 0 aliphatic rings. The molecule has 2 nitrogen and oxygen atoms in total. The quantitative estimate of drug-likeness (QED) is 0.687. The second-order valence-corrected chi connectivity index (χ2v) is 9.21. The lowest BCUT2D eigenvalue weighted by molar-refractivity contribution is 0.0260. The van der Waals surface area contributed by atoms with Crippen molar-refractivity contribution in [2.75, 3.05) is 0 Å². The highest BCUT2D eigenvalue weighted by Crippen LogP contribution is 2.31. The average Bonchev–Trinajstić information content (AvgIpc) is 1.96. The van der Waals surface area contributed by atoms with Crippen molar-refractivity contribution in [3.63, 3.8) is 0 Å². The molecule has 0 heterocycles. The zero-order valence-corrected chi connectivity index (χ0v) is 14.4. The summed E-state index contributed by atoms with van der Waals surface area (Å²) in [5.74, 6) is 0.626. The van der Waals surface area contributed by atoms with Gasteiger partial charge in [-0.25, -0.2) is 0 Å². The van der Waals surface area contributed by atoms with Crippen LogP contribution in [0.1, 0.15) is 68.7 Å². The van der Waals surface area contributed by atoms with Gasteiger partial charge in [0.1, 0.15) is 0 Å². The van der Waals surface area contributed by atoms with Gasteiger partial charge >= 0.3 is 9.28 Å². The van der Waals surface area contributed by atoms with Crippen LogP contribution in [-0.2, 0) is 8.85 Å². The van der Waals surface area contributed by atoms with Crippen LogP contribution in [0, 0.1) is 5.92 Å². The third-order valence-electron chi connectivity index (χ3n) is 2.62. The molecule has 0 spiro atoms. The maximum Gasteiger partial charge on any atom is 0.325 e. The lowest BCUT2D eigenvalue weighted by Gasteiger charge is -2.37. The fraction of sp³-hybridized carbons (Fsp3) is 1.00. The molecular weight excluding hydrogens is 228 g/mol. The SMILES string of the molecule is CCC(C(C)C)[SiH](OC(C)(C)C)OC(C)(C)C. The minimum absolute atomic E-state index is 0.107. The summed E-state index contributed by atoms with van der Waals surface area (Å²) >= 11 is 0. The zero-order chi connectivity index (χ0) is 13.9. The monoisotopic (exact) mass is 260 g/mol. The normalized spacial score (nSPS) is 15.7. The summed E-state index contributed by atoms with van der Waals surface area (Å²) in [7, 11) is -1.66. The van der Waals surface area contributed by atoms with Crippen molar-refractivity contribution in [3.05, 3.63) is 0 Å². The van der Waals surface area contributed by atoms with Crippen molar-refractivity contribution in [2.24, 2.45) is 5.92 Å². The number of hydrogen-bond acceptors (Lipinski definition) is 2. The first-order valence-electron chi connectivity index (χ1n) is 6.82. The van der Waals surface area contributed by atoms with Gasteiger partial charge in [0.2, 0.25) is 0 Å². The molecule has 0 aromatic carbocycles. The summed E-state index contributed by atoms with van der Waals surface area (Å²) < 4.78 is 12.5. The lowest BCUT2D eigenvalue weighted by Crippen LogP contribution is -2.43. The van der Waals surface area contributed by atoms with Crippen molar-refractivity contribution < 1.29 is 8.85 Å². The van der Waals surface area contributed by atoms with Crippen LogP contribution in [0.5, 0.6) is 0 Å². The van der Waals surface area contributed by atoms with E-state index in [9.17, 15) is 0 Å². The first kappa shape index (κ1) is 17.1. The van der Waals surface area contributed by atoms with Crippen molar-refractivity contribution >= 4 is 9.28 Å². The summed E-state index contributed by atoms with van der Waals surface area (Å²) in [4.78, 5) is 0. The highest BCUT2D eigenvalue weighted by molar-refractivity contribution is 6.46. The molecule has 0 rings (SSSR count). The van der Waals surface area contributed by atoms with Crippen molar-refractivity contribution in [1.29, 1.82) is 0 Å². The van der Waals surface area contributed by atoms with E-state index in [-0.39, 0.29) is 11.2 Å². The van der Waals surface area contributed by atoms with E-state index in [1.165, 1.54) is 0 Å². The molecule has 1 atom stereocenters. The predicted molar refractivity (Wildman–Crippen MR) is 77.7 cm³/mol. The maximum atomic E-state index is 6.24. The Balaban J connectivity index is 4.83. The van der Waals surface area contributed by atoms with Gasteiger partial charge in [-0.3, -0.25) is 0 Å². The van der Waals surface area contributed by atoms with Crippen LogP contribution < -0.4 is 0 Å². The van der Waals surface area contributed by atoms with E-state index < -0.39 is 9.28 Å². The first-order valence-corrected chi connectivity index (χ1v) is 8.43. The van der Waals surface area contributed by atoms with Crippen molar-refractivity contribution in [1.82, 2.24) is 0 Å². The first-order chi connectivity index (χ1) is 7.46. The fourth-order valence-electron chi connectivity index (χ4n) is 1.87. The van der Waals surface area contributed by atoms with Crippen LogP contribution in [0.4, 0.5) is 0 Å². The second kappa shape index (κ2) is 6.35. The van der Waals surface area contributed by atoms with Gasteiger partial charge < -0.3 is 8.85 Å². The smallest absolute Gasteiger partial charge is 0.325 e. The van der Waals surface area contributed by atoms with E-state index in [2.05, 4.69) is 62.3 Å².